The summed E-state index contributed by atoms with van der Waals surface area (Å²) in [5, 5.41) is 3.37. The number of halogens is 2. The summed E-state index contributed by atoms with van der Waals surface area (Å²) in [6.45, 7) is 8.72. The van der Waals surface area contributed by atoms with Gasteiger partial charge in [0.2, 0.25) is 0 Å². The third-order valence-electron chi connectivity index (χ3n) is 3.04. The van der Waals surface area contributed by atoms with E-state index in [9.17, 15) is 0 Å². The van der Waals surface area contributed by atoms with Gasteiger partial charge in [0.05, 0.1) is 5.69 Å². The SMILES string of the molecule is Cc1cccc([C@@H](C)N2CCNCC2)n1.Cl.Cl. The summed E-state index contributed by atoms with van der Waals surface area (Å²) in [6.07, 6.45) is 0. The number of aryl methyl sites for hydroxylation is 1. The van der Waals surface area contributed by atoms with E-state index >= 15 is 0 Å². The Balaban J connectivity index is 0.00000128. The van der Waals surface area contributed by atoms with Gasteiger partial charge in [-0.1, -0.05) is 6.07 Å². The molecule has 0 radical (unpaired) electrons. The molecule has 0 aliphatic carbocycles. The van der Waals surface area contributed by atoms with Crippen molar-refractivity contribution in [2.75, 3.05) is 26.2 Å². The van der Waals surface area contributed by atoms with E-state index in [2.05, 4.69) is 34.3 Å². The fraction of sp³-hybridized carbons (Fsp3) is 0.583. The van der Waals surface area contributed by atoms with Crippen molar-refractivity contribution < 1.29 is 0 Å². The average Bonchev–Trinajstić information content (AvgIpc) is 2.29. The maximum Gasteiger partial charge on any atom is 0.0575 e. The number of piperazine rings is 1. The number of nitrogens with one attached hydrogen (secondary N) is 1. The van der Waals surface area contributed by atoms with Gasteiger partial charge >= 0.3 is 0 Å². The van der Waals surface area contributed by atoms with Gasteiger partial charge in [0.15, 0.2) is 0 Å². The van der Waals surface area contributed by atoms with Crippen LogP contribution in [0.5, 0.6) is 0 Å². The Hall–Kier alpha value is -0.350. The molecule has 1 atom stereocenters. The highest BCUT2D eigenvalue weighted by Gasteiger charge is 2.18. The van der Waals surface area contributed by atoms with Crippen LogP contribution in [0.1, 0.15) is 24.4 Å². The monoisotopic (exact) mass is 277 g/mol. The van der Waals surface area contributed by atoms with E-state index in [4.69, 9.17) is 0 Å². The van der Waals surface area contributed by atoms with E-state index in [1.165, 1.54) is 5.69 Å². The quantitative estimate of drug-likeness (QED) is 0.899. The molecule has 3 nitrogen and oxygen atoms in total. The van der Waals surface area contributed by atoms with Crippen molar-refractivity contribution in [2.45, 2.75) is 19.9 Å². The first-order valence-electron chi connectivity index (χ1n) is 5.66. The molecule has 0 spiro atoms. The maximum absolute atomic E-state index is 4.59. The molecule has 1 aliphatic rings. The average molecular weight is 278 g/mol. The molecule has 5 heteroatoms. The first kappa shape index (κ1) is 16.6. The largest absolute Gasteiger partial charge is 0.314 e. The van der Waals surface area contributed by atoms with Gasteiger partial charge < -0.3 is 5.32 Å². The van der Waals surface area contributed by atoms with Gasteiger partial charge in [-0.05, 0) is 26.0 Å². The van der Waals surface area contributed by atoms with E-state index in [1.54, 1.807) is 0 Å². The van der Waals surface area contributed by atoms with Gasteiger partial charge in [-0.25, -0.2) is 0 Å². The van der Waals surface area contributed by atoms with E-state index in [1.807, 2.05) is 13.0 Å². The summed E-state index contributed by atoms with van der Waals surface area (Å²) >= 11 is 0. The Labute approximate surface area is 116 Å². The molecule has 0 amide bonds. The van der Waals surface area contributed by atoms with Crippen molar-refractivity contribution in [3.63, 3.8) is 0 Å². The molecule has 0 unspecified atom stereocenters. The van der Waals surface area contributed by atoms with Crippen molar-refractivity contribution in [1.82, 2.24) is 15.2 Å². The van der Waals surface area contributed by atoms with Crippen LogP contribution in [0.15, 0.2) is 18.2 Å². The van der Waals surface area contributed by atoms with E-state index in [-0.39, 0.29) is 24.8 Å². The van der Waals surface area contributed by atoms with Gasteiger partial charge in [-0.3, -0.25) is 9.88 Å². The molecule has 98 valence electrons. The standard InChI is InChI=1S/C12H19N3.2ClH/c1-10-4-3-5-12(14-10)11(2)15-8-6-13-7-9-15;;/h3-5,11,13H,6-9H2,1-2H3;2*1H/t11-;;/m1../s1. The minimum atomic E-state index is 0. The molecule has 2 heterocycles. The van der Waals surface area contributed by atoms with Crippen molar-refractivity contribution in [1.29, 1.82) is 0 Å². The van der Waals surface area contributed by atoms with Crippen LogP contribution in [0.25, 0.3) is 0 Å². The fourth-order valence-corrected chi connectivity index (χ4v) is 2.05. The molecule has 1 N–H and O–H groups in total. The molecule has 1 fully saturated rings. The van der Waals surface area contributed by atoms with E-state index in [0.717, 1.165) is 31.9 Å². The molecule has 0 saturated carbocycles. The fourth-order valence-electron chi connectivity index (χ4n) is 2.05. The van der Waals surface area contributed by atoms with Gasteiger partial charge in [0, 0.05) is 37.9 Å². The second-order valence-electron chi connectivity index (χ2n) is 4.17. The van der Waals surface area contributed by atoms with Gasteiger partial charge in [-0.15, -0.1) is 24.8 Å². The van der Waals surface area contributed by atoms with E-state index < -0.39 is 0 Å². The van der Waals surface area contributed by atoms with Gasteiger partial charge in [0.25, 0.3) is 0 Å². The molecule has 2 rings (SSSR count). The van der Waals surface area contributed by atoms with Crippen LogP contribution < -0.4 is 5.32 Å². The normalized spacial score (nSPS) is 17.8. The van der Waals surface area contributed by atoms with Gasteiger partial charge in [0.1, 0.15) is 0 Å². The van der Waals surface area contributed by atoms with Crippen LogP contribution in [-0.4, -0.2) is 36.1 Å². The molecule has 1 aliphatic heterocycles. The second kappa shape index (κ2) is 7.88. The lowest BCUT2D eigenvalue weighted by atomic mass is 10.1. The molecular formula is C12H21Cl2N3. The number of nitrogens with zero attached hydrogens (tertiary/aromatic N) is 2. The predicted molar refractivity (Wildman–Crippen MR) is 76.3 cm³/mol. The zero-order chi connectivity index (χ0) is 10.7. The summed E-state index contributed by atoms with van der Waals surface area (Å²) in [7, 11) is 0. The lowest BCUT2D eigenvalue weighted by Crippen LogP contribution is -2.44. The molecule has 1 saturated heterocycles. The minimum Gasteiger partial charge on any atom is -0.314 e. The lowest BCUT2D eigenvalue weighted by Gasteiger charge is -2.32. The molecule has 1 aromatic rings. The Bertz CT molecular complexity index is 327. The predicted octanol–water partition coefficient (Wildman–Crippen LogP) is 2.20. The van der Waals surface area contributed by atoms with Crippen molar-refractivity contribution in [3.05, 3.63) is 29.6 Å². The minimum absolute atomic E-state index is 0. The highest BCUT2D eigenvalue weighted by atomic mass is 35.5. The van der Waals surface area contributed by atoms with Crippen LogP contribution in [-0.2, 0) is 0 Å². The van der Waals surface area contributed by atoms with Crippen LogP contribution in [0.3, 0.4) is 0 Å². The summed E-state index contributed by atoms with van der Waals surface area (Å²) in [4.78, 5) is 7.07. The Morgan fingerprint density at radius 1 is 1.24 bits per heavy atom. The molecule has 0 aromatic carbocycles. The zero-order valence-corrected chi connectivity index (χ0v) is 12.0. The first-order valence-corrected chi connectivity index (χ1v) is 5.66. The van der Waals surface area contributed by atoms with Crippen LogP contribution in [0, 0.1) is 6.92 Å². The molecule has 1 aromatic heterocycles. The van der Waals surface area contributed by atoms with Crippen LogP contribution >= 0.6 is 24.8 Å². The number of hydrogen-bond acceptors (Lipinski definition) is 3. The second-order valence-corrected chi connectivity index (χ2v) is 4.17. The topological polar surface area (TPSA) is 28.2 Å². The third kappa shape index (κ3) is 4.43. The Kier molecular flexibility index (Phi) is 7.71. The summed E-state index contributed by atoms with van der Waals surface area (Å²) in [5.41, 5.74) is 2.30. The number of pyridine rings is 1. The van der Waals surface area contributed by atoms with Crippen molar-refractivity contribution in [3.8, 4) is 0 Å². The molecule has 0 bridgehead atoms. The van der Waals surface area contributed by atoms with Crippen LogP contribution in [0.2, 0.25) is 0 Å². The molecular weight excluding hydrogens is 257 g/mol. The first-order chi connectivity index (χ1) is 7.27. The summed E-state index contributed by atoms with van der Waals surface area (Å²) in [6, 6.07) is 6.70. The highest BCUT2D eigenvalue weighted by Crippen LogP contribution is 2.18. The zero-order valence-electron chi connectivity index (χ0n) is 10.3. The third-order valence-corrected chi connectivity index (χ3v) is 3.04. The summed E-state index contributed by atoms with van der Waals surface area (Å²) < 4.78 is 0. The number of aromatic nitrogens is 1. The number of rotatable bonds is 2. The summed E-state index contributed by atoms with van der Waals surface area (Å²) in [5.74, 6) is 0. The van der Waals surface area contributed by atoms with Gasteiger partial charge in [-0.2, -0.15) is 0 Å². The lowest BCUT2D eigenvalue weighted by molar-refractivity contribution is 0.182. The van der Waals surface area contributed by atoms with E-state index in [0.29, 0.717) is 6.04 Å². The highest BCUT2D eigenvalue weighted by molar-refractivity contribution is 5.85. The number of hydrogen-bond donors (Lipinski definition) is 1. The van der Waals surface area contributed by atoms with Crippen molar-refractivity contribution in [2.24, 2.45) is 0 Å². The Morgan fingerprint density at radius 2 is 1.88 bits per heavy atom. The maximum atomic E-state index is 4.59. The Morgan fingerprint density at radius 3 is 2.47 bits per heavy atom. The van der Waals surface area contributed by atoms with Crippen LogP contribution in [0.4, 0.5) is 0 Å². The smallest absolute Gasteiger partial charge is 0.0575 e. The molecule has 17 heavy (non-hydrogen) atoms. The van der Waals surface area contributed by atoms with Crippen molar-refractivity contribution >= 4 is 24.8 Å².